The smallest absolute Gasteiger partial charge is 0.402 e. The van der Waals surface area contributed by atoms with Gasteiger partial charge in [-0.2, -0.15) is 52.7 Å². The maximum atomic E-state index is 13.1. The molecule has 0 N–H and O–H groups in total. The Bertz CT molecular complexity index is 735. The van der Waals surface area contributed by atoms with E-state index in [0.29, 0.717) is 6.92 Å². The van der Waals surface area contributed by atoms with E-state index in [0.717, 1.165) is 0 Å². The molecular formula is C17H27F12NO3S. The normalized spacial score (nSPS) is 15.1. The number of alkyl halides is 12. The first kappa shape index (κ1) is 35.2. The van der Waals surface area contributed by atoms with Crippen LogP contribution >= 0.6 is 0 Å². The van der Waals surface area contributed by atoms with Crippen LogP contribution < -0.4 is 0 Å². The largest absolute Gasteiger partial charge is 0.743 e. The predicted octanol–water partition coefficient (Wildman–Crippen LogP) is 5.98. The first-order valence-electron chi connectivity index (χ1n) is 9.88. The topological polar surface area (TPSA) is 57.2 Å². The number of rotatable bonds is 12. The van der Waals surface area contributed by atoms with Gasteiger partial charge in [-0.1, -0.05) is 13.3 Å². The van der Waals surface area contributed by atoms with Crippen LogP contribution in [0.1, 0.15) is 47.5 Å². The van der Waals surface area contributed by atoms with Crippen molar-refractivity contribution in [1.82, 2.24) is 0 Å². The van der Waals surface area contributed by atoms with Gasteiger partial charge in [0.05, 0.1) is 26.2 Å². The lowest BCUT2D eigenvalue weighted by Gasteiger charge is -2.41. The van der Waals surface area contributed by atoms with E-state index in [1.165, 1.54) is 30.7 Å². The zero-order valence-electron chi connectivity index (χ0n) is 18.9. The molecule has 0 bridgehead atoms. The van der Waals surface area contributed by atoms with E-state index in [-0.39, 0.29) is 0 Å². The molecule has 0 aliphatic rings. The average Bonchev–Trinajstić information content (AvgIpc) is 2.69. The van der Waals surface area contributed by atoms with Crippen molar-refractivity contribution in [3.05, 3.63) is 0 Å². The zero-order chi connectivity index (χ0) is 28.2. The lowest BCUT2D eigenvalue weighted by atomic mass is 9.92. The average molecular weight is 553 g/mol. The van der Waals surface area contributed by atoms with E-state index in [4.69, 9.17) is 0 Å². The first-order valence-corrected chi connectivity index (χ1v) is 11.3. The maximum Gasteiger partial charge on any atom is 0.402 e. The monoisotopic (exact) mass is 553 g/mol. The summed E-state index contributed by atoms with van der Waals surface area (Å²) in [5.74, 6) is -37.2. The summed E-state index contributed by atoms with van der Waals surface area (Å²) in [5.41, 5.74) is 0. The van der Waals surface area contributed by atoms with Crippen molar-refractivity contribution >= 4 is 10.1 Å². The molecule has 17 heteroatoms. The summed E-state index contributed by atoms with van der Waals surface area (Å²) in [4.78, 5) is 0. The molecule has 0 saturated heterocycles. The van der Waals surface area contributed by atoms with Gasteiger partial charge in [0.2, 0.25) is 0 Å². The summed E-state index contributed by atoms with van der Waals surface area (Å²) < 4.78 is 187. The molecule has 0 amide bonds. The molecule has 0 rings (SSSR count). The Morgan fingerprint density at radius 3 is 1.09 bits per heavy atom. The van der Waals surface area contributed by atoms with Gasteiger partial charge < -0.3 is 9.04 Å². The second-order valence-electron chi connectivity index (χ2n) is 7.33. The highest BCUT2D eigenvalue weighted by atomic mass is 32.2. The van der Waals surface area contributed by atoms with Crippen LogP contribution in [0.25, 0.3) is 0 Å². The number of halogens is 12. The summed E-state index contributed by atoms with van der Waals surface area (Å²) >= 11 is 0. The molecule has 0 unspecified atom stereocenters. The molecule has 0 aliphatic carbocycles. The minimum Gasteiger partial charge on any atom is -0.743 e. The molecule has 0 atom stereocenters. The summed E-state index contributed by atoms with van der Waals surface area (Å²) in [6.45, 7) is 14.9. The van der Waals surface area contributed by atoms with Crippen molar-refractivity contribution in [3.8, 4) is 0 Å². The Morgan fingerprint density at radius 2 is 0.882 bits per heavy atom. The fraction of sp³-hybridized carbons (Fsp3) is 1.00. The molecule has 0 spiro atoms. The van der Waals surface area contributed by atoms with Crippen LogP contribution in [0.4, 0.5) is 52.7 Å². The number of nitrogens with zero attached hydrogens (tertiary/aromatic N) is 1. The van der Waals surface area contributed by atoms with E-state index in [9.17, 15) is 65.7 Å². The van der Waals surface area contributed by atoms with Crippen LogP contribution in [0.15, 0.2) is 0 Å². The SMILES string of the molecule is CCCC(F)(F)C(F)(F)C(F)(F)C(F)(F)C(F)(F)C(F)(F)S(=O)(=O)[O-].CC[N+](CC)(CC)CC. The highest BCUT2D eigenvalue weighted by Crippen LogP contribution is 2.61. The summed E-state index contributed by atoms with van der Waals surface area (Å²) in [7, 11) is -7.77. The Balaban J connectivity index is 0. The third kappa shape index (κ3) is 5.87. The van der Waals surface area contributed by atoms with Crippen molar-refractivity contribution in [3.63, 3.8) is 0 Å². The van der Waals surface area contributed by atoms with E-state index in [1.807, 2.05) is 0 Å². The molecule has 0 aliphatic heterocycles. The summed E-state index contributed by atoms with van der Waals surface area (Å²) in [6.07, 6.45) is -3.26. The van der Waals surface area contributed by atoms with Gasteiger partial charge >= 0.3 is 34.9 Å². The van der Waals surface area contributed by atoms with Crippen molar-refractivity contribution < 1.29 is 70.1 Å². The van der Waals surface area contributed by atoms with Gasteiger partial charge in [-0.3, -0.25) is 0 Å². The first-order chi connectivity index (χ1) is 14.8. The Labute approximate surface area is 189 Å². The fourth-order valence-electron chi connectivity index (χ4n) is 2.78. The van der Waals surface area contributed by atoms with Crippen LogP contribution in [0.5, 0.6) is 0 Å². The van der Waals surface area contributed by atoms with Crippen molar-refractivity contribution in [2.75, 3.05) is 26.2 Å². The third-order valence-electron chi connectivity index (χ3n) is 5.57. The summed E-state index contributed by atoms with van der Waals surface area (Å²) in [6, 6.07) is 0. The van der Waals surface area contributed by atoms with E-state index in [2.05, 4.69) is 27.7 Å². The molecule has 0 aromatic carbocycles. The molecule has 0 fully saturated rings. The van der Waals surface area contributed by atoms with Crippen LogP contribution in [-0.2, 0) is 10.1 Å². The standard InChI is InChI=1S/C9H8F12O3S.C8H20N/c1-2-3-4(10,11)5(12,13)6(14,15)7(16,17)8(18,19)9(20,21)25(22,23)24;1-5-9(6-2,7-3)8-4/h2-3H2,1H3,(H,22,23,24);5-8H2,1-4H3/q;+1/p-1. The Morgan fingerprint density at radius 1 is 0.588 bits per heavy atom. The minimum absolute atomic E-state index is 0.688. The number of hydrogen-bond acceptors (Lipinski definition) is 3. The van der Waals surface area contributed by atoms with Gasteiger partial charge in [-0.25, -0.2) is 8.42 Å². The molecule has 0 radical (unpaired) electrons. The van der Waals surface area contributed by atoms with Crippen LogP contribution in [0, 0.1) is 0 Å². The third-order valence-corrected chi connectivity index (χ3v) is 6.45. The van der Waals surface area contributed by atoms with Crippen molar-refractivity contribution in [2.24, 2.45) is 0 Å². The van der Waals surface area contributed by atoms with Gasteiger partial charge in [-0.15, -0.1) is 0 Å². The number of quaternary nitrogens is 1. The van der Waals surface area contributed by atoms with Crippen LogP contribution in [-0.4, -0.2) is 78.5 Å². The second-order valence-corrected chi connectivity index (χ2v) is 8.75. The van der Waals surface area contributed by atoms with Gasteiger partial charge in [0.15, 0.2) is 10.1 Å². The quantitative estimate of drug-likeness (QED) is 0.170. The van der Waals surface area contributed by atoms with Crippen molar-refractivity contribution in [1.29, 1.82) is 0 Å². The zero-order valence-corrected chi connectivity index (χ0v) is 19.7. The molecule has 4 nitrogen and oxygen atoms in total. The van der Waals surface area contributed by atoms with E-state index in [1.54, 1.807) is 0 Å². The van der Waals surface area contributed by atoms with Gasteiger partial charge in [-0.05, 0) is 27.7 Å². The van der Waals surface area contributed by atoms with Gasteiger partial charge in [0, 0.05) is 6.42 Å². The minimum atomic E-state index is -8.05. The fourth-order valence-corrected chi connectivity index (χ4v) is 3.22. The maximum absolute atomic E-state index is 13.1. The van der Waals surface area contributed by atoms with E-state index >= 15 is 0 Å². The Kier molecular flexibility index (Phi) is 11.4. The summed E-state index contributed by atoms with van der Waals surface area (Å²) in [5, 5.41) is -7.51. The highest BCUT2D eigenvalue weighted by Gasteiger charge is 2.90. The lowest BCUT2D eigenvalue weighted by molar-refractivity contribution is -0.921. The van der Waals surface area contributed by atoms with Gasteiger partial charge in [0.1, 0.15) is 0 Å². The predicted molar refractivity (Wildman–Crippen MR) is 96.7 cm³/mol. The molecule has 0 saturated carbocycles. The molecule has 34 heavy (non-hydrogen) atoms. The second kappa shape index (κ2) is 11.0. The van der Waals surface area contributed by atoms with Crippen LogP contribution in [0.3, 0.4) is 0 Å². The number of hydrogen-bond donors (Lipinski definition) is 0. The molecule has 0 aromatic rings. The Hall–Kier alpha value is -0.970. The highest BCUT2D eigenvalue weighted by molar-refractivity contribution is 7.86. The van der Waals surface area contributed by atoms with Crippen LogP contribution in [0.2, 0.25) is 0 Å². The molecular weight excluding hydrogens is 526 g/mol. The molecule has 0 heterocycles. The molecule has 0 aromatic heterocycles. The van der Waals surface area contributed by atoms with E-state index < -0.39 is 57.8 Å². The van der Waals surface area contributed by atoms with Crippen molar-refractivity contribution in [2.45, 2.75) is 82.3 Å². The molecule has 208 valence electrons. The van der Waals surface area contributed by atoms with Gasteiger partial charge in [0.25, 0.3) is 0 Å². The lowest BCUT2D eigenvalue weighted by Crippen LogP contribution is -2.71.